The smallest absolute Gasteiger partial charge is 0.240 e. The lowest BCUT2D eigenvalue weighted by Gasteiger charge is -2.13. The average molecular weight is 258 g/mol. The monoisotopic (exact) mass is 258 g/mol. The molecule has 0 saturated heterocycles. The standard InChI is InChI=1S/C13H14N4O2/c1-8(18)16-12(13(14)19)6-9-7-15-10-4-2-3-5-11(10)17-9/h2-5,7,12H,6H2,1H3,(H2,14,19)(H,16,18)/t12-/m1/s1. The van der Waals surface area contributed by atoms with Crippen LogP contribution in [0.2, 0.25) is 0 Å². The summed E-state index contributed by atoms with van der Waals surface area (Å²) < 4.78 is 0. The van der Waals surface area contributed by atoms with Gasteiger partial charge in [-0.3, -0.25) is 14.6 Å². The van der Waals surface area contributed by atoms with E-state index in [-0.39, 0.29) is 12.3 Å². The number of primary amides is 1. The predicted molar refractivity (Wildman–Crippen MR) is 70.0 cm³/mol. The summed E-state index contributed by atoms with van der Waals surface area (Å²) in [6.07, 6.45) is 1.81. The molecule has 0 saturated carbocycles. The number of hydrogen-bond donors (Lipinski definition) is 2. The van der Waals surface area contributed by atoms with Gasteiger partial charge in [-0.2, -0.15) is 0 Å². The maximum absolute atomic E-state index is 11.3. The van der Waals surface area contributed by atoms with Gasteiger partial charge in [0.2, 0.25) is 11.8 Å². The molecule has 19 heavy (non-hydrogen) atoms. The number of carbonyl (C=O) groups is 2. The highest BCUT2D eigenvalue weighted by atomic mass is 16.2. The molecule has 1 aromatic heterocycles. The summed E-state index contributed by atoms with van der Waals surface area (Å²) in [6.45, 7) is 1.34. The first kappa shape index (κ1) is 12.9. The summed E-state index contributed by atoms with van der Waals surface area (Å²) in [6, 6.07) is 6.66. The molecular weight excluding hydrogens is 244 g/mol. The van der Waals surface area contributed by atoms with E-state index in [9.17, 15) is 9.59 Å². The Bertz CT molecular complexity index is 627. The van der Waals surface area contributed by atoms with Crippen LogP contribution in [-0.2, 0) is 16.0 Å². The molecule has 0 bridgehead atoms. The van der Waals surface area contributed by atoms with E-state index in [4.69, 9.17) is 5.73 Å². The third kappa shape index (κ3) is 3.25. The molecular formula is C13H14N4O2. The minimum absolute atomic E-state index is 0.229. The second kappa shape index (κ2) is 5.43. The lowest BCUT2D eigenvalue weighted by Crippen LogP contribution is -2.45. The molecule has 0 radical (unpaired) electrons. The van der Waals surface area contributed by atoms with Crippen LogP contribution in [0.4, 0.5) is 0 Å². The zero-order valence-electron chi connectivity index (χ0n) is 10.5. The third-order valence-electron chi connectivity index (χ3n) is 2.63. The predicted octanol–water partition coefficient (Wildman–Crippen LogP) is 0.162. The lowest BCUT2D eigenvalue weighted by atomic mass is 10.1. The molecule has 1 heterocycles. The van der Waals surface area contributed by atoms with E-state index in [0.29, 0.717) is 5.69 Å². The number of fused-ring (bicyclic) bond motifs is 1. The van der Waals surface area contributed by atoms with Gasteiger partial charge in [0, 0.05) is 19.5 Å². The molecule has 2 amide bonds. The fourth-order valence-corrected chi connectivity index (χ4v) is 1.77. The second-order valence-corrected chi connectivity index (χ2v) is 4.21. The molecule has 0 aliphatic rings. The third-order valence-corrected chi connectivity index (χ3v) is 2.63. The second-order valence-electron chi connectivity index (χ2n) is 4.21. The zero-order valence-corrected chi connectivity index (χ0v) is 10.5. The minimum atomic E-state index is -0.770. The highest BCUT2D eigenvalue weighted by Crippen LogP contribution is 2.09. The number of nitrogens with zero attached hydrogens (tertiary/aromatic N) is 2. The summed E-state index contributed by atoms with van der Waals surface area (Å²) in [5.74, 6) is -0.900. The van der Waals surface area contributed by atoms with E-state index in [0.717, 1.165) is 11.0 Å². The van der Waals surface area contributed by atoms with Gasteiger partial charge in [0.25, 0.3) is 0 Å². The van der Waals surface area contributed by atoms with E-state index in [2.05, 4.69) is 15.3 Å². The van der Waals surface area contributed by atoms with Crippen LogP contribution in [-0.4, -0.2) is 27.8 Å². The van der Waals surface area contributed by atoms with Crippen molar-refractivity contribution in [1.82, 2.24) is 15.3 Å². The Balaban J connectivity index is 2.23. The van der Waals surface area contributed by atoms with Gasteiger partial charge >= 0.3 is 0 Å². The Labute approximate surface area is 110 Å². The molecule has 1 atom stereocenters. The summed E-state index contributed by atoms with van der Waals surface area (Å²) in [7, 11) is 0. The number of nitrogens with two attached hydrogens (primary N) is 1. The molecule has 0 fully saturated rings. The van der Waals surface area contributed by atoms with Crippen molar-refractivity contribution in [2.24, 2.45) is 5.73 Å². The Morgan fingerprint density at radius 1 is 1.32 bits per heavy atom. The summed E-state index contributed by atoms with van der Waals surface area (Å²) >= 11 is 0. The zero-order chi connectivity index (χ0) is 13.8. The van der Waals surface area contributed by atoms with E-state index in [1.807, 2.05) is 24.3 Å². The van der Waals surface area contributed by atoms with Crippen molar-refractivity contribution < 1.29 is 9.59 Å². The van der Waals surface area contributed by atoms with Gasteiger partial charge < -0.3 is 11.1 Å². The molecule has 0 aliphatic carbocycles. The van der Waals surface area contributed by atoms with Gasteiger partial charge in [-0.25, -0.2) is 4.98 Å². The van der Waals surface area contributed by atoms with Crippen LogP contribution in [0.25, 0.3) is 11.0 Å². The molecule has 98 valence electrons. The number of benzene rings is 1. The van der Waals surface area contributed by atoms with Crippen LogP contribution >= 0.6 is 0 Å². The van der Waals surface area contributed by atoms with Gasteiger partial charge in [-0.15, -0.1) is 0 Å². The average Bonchev–Trinajstić information content (AvgIpc) is 2.37. The Hall–Kier alpha value is -2.50. The van der Waals surface area contributed by atoms with E-state index in [1.165, 1.54) is 6.92 Å². The molecule has 1 aromatic carbocycles. The van der Waals surface area contributed by atoms with E-state index >= 15 is 0 Å². The number of amides is 2. The van der Waals surface area contributed by atoms with Crippen molar-refractivity contribution in [1.29, 1.82) is 0 Å². The van der Waals surface area contributed by atoms with Crippen molar-refractivity contribution in [2.75, 3.05) is 0 Å². The number of para-hydroxylation sites is 2. The lowest BCUT2D eigenvalue weighted by molar-refractivity contribution is -0.126. The summed E-state index contributed by atoms with van der Waals surface area (Å²) in [4.78, 5) is 30.9. The number of aromatic nitrogens is 2. The quantitative estimate of drug-likeness (QED) is 0.816. The highest BCUT2D eigenvalue weighted by molar-refractivity contribution is 5.85. The first-order valence-corrected chi connectivity index (χ1v) is 5.83. The van der Waals surface area contributed by atoms with Crippen LogP contribution in [0, 0.1) is 0 Å². The van der Waals surface area contributed by atoms with Crippen molar-refractivity contribution in [3.05, 3.63) is 36.2 Å². The van der Waals surface area contributed by atoms with E-state index < -0.39 is 11.9 Å². The number of hydrogen-bond acceptors (Lipinski definition) is 4. The Morgan fingerprint density at radius 2 is 2.00 bits per heavy atom. The van der Waals surface area contributed by atoms with Gasteiger partial charge in [0.1, 0.15) is 6.04 Å². The van der Waals surface area contributed by atoms with Crippen LogP contribution in [0.15, 0.2) is 30.5 Å². The van der Waals surface area contributed by atoms with Crippen LogP contribution < -0.4 is 11.1 Å². The van der Waals surface area contributed by atoms with Gasteiger partial charge in [0.05, 0.1) is 16.7 Å². The van der Waals surface area contributed by atoms with Crippen LogP contribution in [0.1, 0.15) is 12.6 Å². The summed E-state index contributed by atoms with van der Waals surface area (Å²) in [5.41, 5.74) is 7.37. The maximum atomic E-state index is 11.3. The fourth-order valence-electron chi connectivity index (χ4n) is 1.77. The first-order valence-electron chi connectivity index (χ1n) is 5.83. The van der Waals surface area contributed by atoms with Gasteiger partial charge in [-0.05, 0) is 12.1 Å². The van der Waals surface area contributed by atoms with Gasteiger partial charge in [0.15, 0.2) is 0 Å². The van der Waals surface area contributed by atoms with Crippen molar-refractivity contribution in [3.8, 4) is 0 Å². The Kier molecular flexibility index (Phi) is 3.70. The highest BCUT2D eigenvalue weighted by Gasteiger charge is 2.17. The van der Waals surface area contributed by atoms with Crippen molar-refractivity contribution >= 4 is 22.8 Å². The van der Waals surface area contributed by atoms with Crippen molar-refractivity contribution in [2.45, 2.75) is 19.4 Å². The molecule has 0 unspecified atom stereocenters. The topological polar surface area (TPSA) is 98.0 Å². The molecule has 2 rings (SSSR count). The van der Waals surface area contributed by atoms with Crippen LogP contribution in [0.3, 0.4) is 0 Å². The number of carbonyl (C=O) groups excluding carboxylic acids is 2. The Morgan fingerprint density at radius 3 is 2.63 bits per heavy atom. The van der Waals surface area contributed by atoms with Crippen molar-refractivity contribution in [3.63, 3.8) is 0 Å². The molecule has 0 spiro atoms. The summed E-state index contributed by atoms with van der Waals surface area (Å²) in [5, 5.41) is 2.49. The number of rotatable bonds is 4. The van der Waals surface area contributed by atoms with Crippen LogP contribution in [0.5, 0.6) is 0 Å². The minimum Gasteiger partial charge on any atom is -0.368 e. The SMILES string of the molecule is CC(=O)N[C@H](Cc1cnc2ccccc2n1)C(N)=O. The largest absolute Gasteiger partial charge is 0.368 e. The normalized spacial score (nSPS) is 12.1. The maximum Gasteiger partial charge on any atom is 0.240 e. The number of nitrogens with one attached hydrogen (secondary N) is 1. The molecule has 2 aromatic rings. The fraction of sp³-hybridized carbons (Fsp3) is 0.231. The molecule has 0 aliphatic heterocycles. The molecule has 3 N–H and O–H groups in total. The molecule has 6 nitrogen and oxygen atoms in total. The first-order chi connectivity index (χ1) is 9.06. The molecule has 6 heteroatoms. The van der Waals surface area contributed by atoms with Gasteiger partial charge in [-0.1, -0.05) is 12.1 Å². The van der Waals surface area contributed by atoms with E-state index in [1.54, 1.807) is 6.20 Å².